The second kappa shape index (κ2) is 7.61. The molecule has 2 N–H and O–H groups in total. The van der Waals surface area contributed by atoms with Crippen LogP contribution in [-0.4, -0.2) is 25.2 Å². The number of carbonyl (C=O) groups excluding carboxylic acids is 2. The maximum atomic E-state index is 12.7. The van der Waals surface area contributed by atoms with Gasteiger partial charge in [0.2, 0.25) is 0 Å². The minimum Gasteiger partial charge on any atom is -0.463 e. The van der Waals surface area contributed by atoms with Crippen molar-refractivity contribution in [2.75, 3.05) is 6.61 Å². The number of rotatable bonds is 5. The summed E-state index contributed by atoms with van der Waals surface area (Å²) in [5, 5.41) is 5.01. The molecule has 0 saturated heterocycles. The lowest BCUT2D eigenvalue weighted by molar-refractivity contribution is -0.139. The highest BCUT2D eigenvalue weighted by Crippen LogP contribution is 2.36. The molecule has 0 unspecified atom stereocenters. The monoisotopic (exact) mass is 404 g/mol. The van der Waals surface area contributed by atoms with Crippen LogP contribution in [0.15, 0.2) is 33.9 Å². The fourth-order valence-electron chi connectivity index (χ4n) is 2.35. The van der Waals surface area contributed by atoms with Crippen LogP contribution in [0.4, 0.5) is 13.6 Å². The number of halogens is 3. The first-order chi connectivity index (χ1) is 11.3. The Morgan fingerprint density at radius 2 is 2.12 bits per heavy atom. The molecule has 0 radical (unpaired) electrons. The molecule has 0 aliphatic carbocycles. The molecule has 1 aromatic rings. The maximum Gasteiger partial charge on any atom is 0.387 e. The van der Waals surface area contributed by atoms with Crippen molar-refractivity contribution >= 4 is 27.9 Å². The molecule has 0 spiro atoms. The van der Waals surface area contributed by atoms with Crippen molar-refractivity contribution in [1.29, 1.82) is 0 Å². The molecule has 1 aliphatic heterocycles. The van der Waals surface area contributed by atoms with Crippen LogP contribution >= 0.6 is 15.9 Å². The number of hydrogen-bond donors (Lipinski definition) is 2. The molecular formula is C15H15BrF2N2O4. The molecule has 1 atom stereocenters. The van der Waals surface area contributed by atoms with Gasteiger partial charge in [0.15, 0.2) is 0 Å². The highest BCUT2D eigenvalue weighted by atomic mass is 79.9. The maximum absolute atomic E-state index is 12.7. The molecule has 24 heavy (non-hydrogen) atoms. The molecule has 2 rings (SSSR count). The van der Waals surface area contributed by atoms with Crippen molar-refractivity contribution < 1.29 is 27.8 Å². The van der Waals surface area contributed by atoms with Gasteiger partial charge in [0.05, 0.1) is 18.2 Å². The molecule has 0 saturated carbocycles. The number of nitrogens with one attached hydrogen (secondary N) is 2. The van der Waals surface area contributed by atoms with Crippen LogP contribution in [0.1, 0.15) is 25.5 Å². The molecule has 0 fully saturated rings. The molecule has 9 heteroatoms. The van der Waals surface area contributed by atoms with Crippen molar-refractivity contribution in [3.63, 3.8) is 0 Å². The number of benzene rings is 1. The predicted octanol–water partition coefficient (Wildman–Crippen LogP) is 3.24. The minimum absolute atomic E-state index is 0.119. The average molecular weight is 405 g/mol. The van der Waals surface area contributed by atoms with Gasteiger partial charge in [-0.1, -0.05) is 15.9 Å². The molecule has 130 valence electrons. The van der Waals surface area contributed by atoms with E-state index in [1.54, 1.807) is 6.92 Å². The van der Waals surface area contributed by atoms with E-state index in [1.807, 2.05) is 0 Å². The van der Waals surface area contributed by atoms with Crippen molar-refractivity contribution in [2.24, 2.45) is 0 Å². The summed E-state index contributed by atoms with van der Waals surface area (Å²) in [5.74, 6) is -0.800. The number of amides is 2. The molecule has 0 bridgehead atoms. The zero-order valence-electron chi connectivity index (χ0n) is 12.9. The quantitative estimate of drug-likeness (QED) is 0.738. The van der Waals surface area contributed by atoms with E-state index in [-0.39, 0.29) is 29.2 Å². The van der Waals surface area contributed by atoms with Gasteiger partial charge < -0.3 is 20.1 Å². The van der Waals surface area contributed by atoms with Gasteiger partial charge in [-0.3, -0.25) is 0 Å². The predicted molar refractivity (Wildman–Crippen MR) is 84.5 cm³/mol. The van der Waals surface area contributed by atoms with Crippen molar-refractivity contribution in [2.45, 2.75) is 26.5 Å². The minimum atomic E-state index is -3.04. The third-order valence-corrected chi connectivity index (χ3v) is 3.76. The highest BCUT2D eigenvalue weighted by molar-refractivity contribution is 9.10. The summed E-state index contributed by atoms with van der Waals surface area (Å²) in [6, 6.07) is 2.81. The summed E-state index contributed by atoms with van der Waals surface area (Å²) < 4.78 is 35.4. The van der Waals surface area contributed by atoms with E-state index in [2.05, 4.69) is 31.3 Å². The van der Waals surface area contributed by atoms with Gasteiger partial charge in [0.1, 0.15) is 5.75 Å². The Morgan fingerprint density at radius 3 is 2.75 bits per heavy atom. The number of allylic oxidation sites excluding steroid dienone is 1. The van der Waals surface area contributed by atoms with Crippen molar-refractivity contribution in [3.8, 4) is 5.75 Å². The zero-order valence-corrected chi connectivity index (χ0v) is 14.4. The van der Waals surface area contributed by atoms with E-state index >= 15 is 0 Å². The first-order valence-electron chi connectivity index (χ1n) is 7.03. The normalized spacial score (nSPS) is 17.4. The van der Waals surface area contributed by atoms with Crippen LogP contribution in [-0.2, 0) is 9.53 Å². The lowest BCUT2D eigenvalue weighted by Gasteiger charge is -2.29. The SMILES string of the molecule is CCOC(=O)C1=C(C)NC(=O)N[C@H]1c1cc(Br)ccc1OC(F)F. The first kappa shape index (κ1) is 18.2. The molecule has 1 aromatic carbocycles. The molecule has 2 amide bonds. The lowest BCUT2D eigenvalue weighted by atomic mass is 9.95. The second-order valence-electron chi connectivity index (χ2n) is 4.85. The van der Waals surface area contributed by atoms with Crippen molar-refractivity contribution in [3.05, 3.63) is 39.5 Å². The fraction of sp³-hybridized carbons (Fsp3) is 0.333. The smallest absolute Gasteiger partial charge is 0.387 e. The highest BCUT2D eigenvalue weighted by Gasteiger charge is 2.34. The van der Waals surface area contributed by atoms with Crippen molar-refractivity contribution in [1.82, 2.24) is 10.6 Å². The lowest BCUT2D eigenvalue weighted by Crippen LogP contribution is -2.45. The Labute approximate surface area is 145 Å². The van der Waals surface area contributed by atoms with Gasteiger partial charge in [-0.15, -0.1) is 0 Å². The third-order valence-electron chi connectivity index (χ3n) is 3.26. The molecular weight excluding hydrogens is 390 g/mol. The average Bonchev–Trinajstić information content (AvgIpc) is 2.48. The van der Waals surface area contributed by atoms with Crippen LogP contribution in [0, 0.1) is 0 Å². The van der Waals surface area contributed by atoms with Gasteiger partial charge in [0.25, 0.3) is 0 Å². The first-order valence-corrected chi connectivity index (χ1v) is 7.82. The number of urea groups is 1. The van der Waals surface area contributed by atoms with E-state index < -0.39 is 24.7 Å². The van der Waals surface area contributed by atoms with Crippen LogP contribution < -0.4 is 15.4 Å². The Kier molecular flexibility index (Phi) is 5.76. The molecule has 6 nitrogen and oxygen atoms in total. The van der Waals surface area contributed by atoms with Gasteiger partial charge in [-0.25, -0.2) is 9.59 Å². The van der Waals surface area contributed by atoms with Crippen LogP contribution in [0.3, 0.4) is 0 Å². The number of alkyl halides is 2. The van der Waals surface area contributed by atoms with Gasteiger partial charge in [-0.05, 0) is 32.0 Å². The summed E-state index contributed by atoms with van der Waals surface area (Å²) in [5.41, 5.74) is 0.612. The van der Waals surface area contributed by atoms with Gasteiger partial charge >= 0.3 is 18.6 Å². The number of hydrogen-bond acceptors (Lipinski definition) is 4. The number of esters is 1. The molecule has 1 heterocycles. The van der Waals surface area contributed by atoms with E-state index in [4.69, 9.17) is 4.74 Å². The molecule has 1 aliphatic rings. The Balaban J connectivity index is 2.54. The van der Waals surface area contributed by atoms with Gasteiger partial charge in [0, 0.05) is 15.7 Å². The topological polar surface area (TPSA) is 76.7 Å². The van der Waals surface area contributed by atoms with E-state index in [0.717, 1.165) is 0 Å². The van der Waals surface area contributed by atoms with E-state index in [0.29, 0.717) is 4.47 Å². The summed E-state index contributed by atoms with van der Waals surface area (Å²) in [7, 11) is 0. The largest absolute Gasteiger partial charge is 0.463 e. The van der Waals surface area contributed by atoms with E-state index in [1.165, 1.54) is 25.1 Å². The Morgan fingerprint density at radius 1 is 1.42 bits per heavy atom. The number of ether oxygens (including phenoxy) is 2. The van der Waals surface area contributed by atoms with Gasteiger partial charge in [-0.2, -0.15) is 8.78 Å². The molecule has 0 aromatic heterocycles. The zero-order chi connectivity index (χ0) is 17.9. The summed E-state index contributed by atoms with van der Waals surface area (Å²) in [6.45, 7) is 0.263. The third kappa shape index (κ3) is 4.02. The Hall–Kier alpha value is -2.16. The van der Waals surface area contributed by atoms with Crippen LogP contribution in [0.25, 0.3) is 0 Å². The van der Waals surface area contributed by atoms with E-state index in [9.17, 15) is 18.4 Å². The summed E-state index contributed by atoms with van der Waals surface area (Å²) in [4.78, 5) is 24.0. The van der Waals surface area contributed by atoms with Crippen LogP contribution in [0.2, 0.25) is 0 Å². The summed E-state index contributed by atoms with van der Waals surface area (Å²) >= 11 is 3.24. The standard InChI is InChI=1S/C15H15BrF2N2O4/c1-3-23-13(21)11-7(2)19-15(22)20-12(11)9-6-8(16)4-5-10(9)24-14(17)18/h4-6,12,14H,3H2,1-2H3,(H2,19,20,22)/t12-/m0/s1. The van der Waals surface area contributed by atoms with Crippen LogP contribution in [0.5, 0.6) is 5.75 Å². The second-order valence-corrected chi connectivity index (χ2v) is 5.77. The Bertz CT molecular complexity index is 694. The number of carbonyl (C=O) groups is 2. The summed E-state index contributed by atoms with van der Waals surface area (Å²) in [6.07, 6.45) is 0. The fourth-order valence-corrected chi connectivity index (χ4v) is 2.73.